The van der Waals surface area contributed by atoms with Gasteiger partial charge in [-0.05, 0) is 23.9 Å². The first-order valence-corrected chi connectivity index (χ1v) is 5.90. The Balaban J connectivity index is 2.19. The number of allylic oxidation sites excluding steroid dienone is 1. The van der Waals surface area contributed by atoms with E-state index in [1.165, 1.54) is 12.3 Å². The van der Waals surface area contributed by atoms with Crippen molar-refractivity contribution in [1.82, 2.24) is 14.9 Å². The standard InChI is InChI=1S/C12H9F3N4S/c13-12(14,15)10-17-18-11(20)19(10)16-8-4-7-9-5-2-1-3-6-9/h1-8H,(H,18,20)/b7-4+,16-8+. The van der Waals surface area contributed by atoms with E-state index in [0.29, 0.717) is 4.68 Å². The molecule has 1 heterocycles. The van der Waals surface area contributed by atoms with Gasteiger partial charge in [0.1, 0.15) is 0 Å². The lowest BCUT2D eigenvalue weighted by molar-refractivity contribution is -0.147. The molecule has 0 saturated heterocycles. The highest BCUT2D eigenvalue weighted by Crippen LogP contribution is 2.27. The van der Waals surface area contributed by atoms with Gasteiger partial charge in [-0.25, -0.2) is 5.10 Å². The van der Waals surface area contributed by atoms with Crippen LogP contribution in [0.5, 0.6) is 0 Å². The number of hydrogen-bond acceptors (Lipinski definition) is 3. The summed E-state index contributed by atoms with van der Waals surface area (Å²) in [5.74, 6) is -1.19. The Kier molecular flexibility index (Phi) is 4.14. The van der Waals surface area contributed by atoms with Crippen molar-refractivity contribution in [3.63, 3.8) is 0 Å². The van der Waals surface area contributed by atoms with Crippen molar-refractivity contribution in [2.24, 2.45) is 5.10 Å². The summed E-state index contributed by atoms with van der Waals surface area (Å²) in [5.41, 5.74) is 0.908. The molecule has 0 aliphatic heterocycles. The van der Waals surface area contributed by atoms with Crippen molar-refractivity contribution in [2.45, 2.75) is 6.18 Å². The van der Waals surface area contributed by atoms with Gasteiger partial charge in [-0.1, -0.05) is 36.4 Å². The normalized spacial score (nSPS) is 12.6. The van der Waals surface area contributed by atoms with E-state index in [2.05, 4.69) is 15.3 Å². The summed E-state index contributed by atoms with van der Waals surface area (Å²) in [5, 5.41) is 8.80. The van der Waals surface area contributed by atoms with E-state index in [-0.39, 0.29) is 4.77 Å². The number of hydrogen-bond donors (Lipinski definition) is 1. The minimum atomic E-state index is -4.62. The third kappa shape index (κ3) is 3.41. The molecular weight excluding hydrogens is 289 g/mol. The molecule has 0 fully saturated rings. The van der Waals surface area contributed by atoms with Crippen LogP contribution < -0.4 is 0 Å². The van der Waals surface area contributed by atoms with Crippen LogP contribution in [0.25, 0.3) is 6.08 Å². The second-order valence-electron chi connectivity index (χ2n) is 3.70. The molecule has 0 aliphatic rings. The molecule has 1 N–H and O–H groups in total. The SMILES string of the molecule is FC(F)(F)c1n[nH]c(=S)n1/N=C/C=C/c1ccccc1. The molecule has 20 heavy (non-hydrogen) atoms. The maximum absolute atomic E-state index is 12.6. The number of nitrogens with zero attached hydrogens (tertiary/aromatic N) is 3. The van der Waals surface area contributed by atoms with Gasteiger partial charge in [-0.2, -0.15) is 22.9 Å². The zero-order chi connectivity index (χ0) is 14.6. The second-order valence-corrected chi connectivity index (χ2v) is 4.08. The average molecular weight is 298 g/mol. The van der Waals surface area contributed by atoms with E-state index in [9.17, 15) is 13.2 Å². The van der Waals surface area contributed by atoms with E-state index in [1.54, 1.807) is 6.08 Å². The summed E-state index contributed by atoms with van der Waals surface area (Å²) >= 11 is 4.69. The predicted octanol–water partition coefficient (Wildman–Crippen LogP) is 3.51. The Morgan fingerprint density at radius 1 is 1.25 bits per heavy atom. The Bertz CT molecular complexity index is 683. The smallest absolute Gasteiger partial charge is 0.250 e. The molecule has 1 aromatic heterocycles. The van der Waals surface area contributed by atoms with Crippen LogP contribution in [-0.4, -0.2) is 21.1 Å². The number of alkyl halides is 3. The van der Waals surface area contributed by atoms with Crippen LogP contribution in [0.4, 0.5) is 13.2 Å². The van der Waals surface area contributed by atoms with Crippen molar-refractivity contribution in [3.8, 4) is 0 Å². The van der Waals surface area contributed by atoms with Crippen LogP contribution >= 0.6 is 12.2 Å². The zero-order valence-corrected chi connectivity index (χ0v) is 10.8. The minimum absolute atomic E-state index is 0.221. The lowest BCUT2D eigenvalue weighted by Crippen LogP contribution is -2.12. The molecule has 2 aromatic rings. The lowest BCUT2D eigenvalue weighted by Gasteiger charge is -2.03. The fourth-order valence-corrected chi connectivity index (χ4v) is 1.58. The number of nitrogens with one attached hydrogen (secondary N) is 1. The van der Waals surface area contributed by atoms with E-state index in [1.807, 2.05) is 30.3 Å². The monoisotopic (exact) mass is 298 g/mol. The molecule has 1 aromatic carbocycles. The largest absolute Gasteiger partial charge is 0.453 e. The first-order valence-electron chi connectivity index (χ1n) is 5.49. The van der Waals surface area contributed by atoms with Crippen LogP contribution in [0, 0.1) is 4.77 Å². The van der Waals surface area contributed by atoms with Gasteiger partial charge < -0.3 is 0 Å². The number of benzene rings is 1. The third-order valence-corrected chi connectivity index (χ3v) is 2.52. The molecule has 0 spiro atoms. The number of rotatable bonds is 3. The molecule has 0 aliphatic carbocycles. The Morgan fingerprint density at radius 3 is 2.60 bits per heavy atom. The fraction of sp³-hybridized carbons (Fsp3) is 0.0833. The van der Waals surface area contributed by atoms with Gasteiger partial charge >= 0.3 is 6.18 Å². The van der Waals surface area contributed by atoms with Gasteiger partial charge in [0.2, 0.25) is 4.77 Å². The molecule has 4 nitrogen and oxygen atoms in total. The molecule has 0 amide bonds. The highest BCUT2D eigenvalue weighted by atomic mass is 32.1. The molecule has 0 unspecified atom stereocenters. The molecule has 8 heteroatoms. The molecule has 2 rings (SSSR count). The summed E-state index contributed by atoms with van der Waals surface area (Å²) in [6.45, 7) is 0. The van der Waals surface area contributed by atoms with Gasteiger partial charge in [-0.3, -0.25) is 0 Å². The summed E-state index contributed by atoms with van der Waals surface area (Å²) in [7, 11) is 0. The van der Waals surface area contributed by atoms with Gasteiger partial charge in [0.05, 0.1) is 0 Å². The zero-order valence-electron chi connectivity index (χ0n) is 10.0. The van der Waals surface area contributed by atoms with Crippen molar-refractivity contribution in [1.29, 1.82) is 0 Å². The van der Waals surface area contributed by atoms with E-state index in [0.717, 1.165) is 5.56 Å². The molecular formula is C12H9F3N4S. The van der Waals surface area contributed by atoms with Crippen molar-refractivity contribution in [3.05, 3.63) is 52.6 Å². The van der Waals surface area contributed by atoms with Gasteiger partial charge in [0, 0.05) is 6.21 Å². The average Bonchev–Trinajstić information content (AvgIpc) is 2.77. The van der Waals surface area contributed by atoms with Crippen molar-refractivity contribution >= 4 is 24.5 Å². The Morgan fingerprint density at radius 2 is 1.95 bits per heavy atom. The van der Waals surface area contributed by atoms with Crippen LogP contribution in [0.1, 0.15) is 11.4 Å². The van der Waals surface area contributed by atoms with Crippen LogP contribution in [0.15, 0.2) is 41.5 Å². The lowest BCUT2D eigenvalue weighted by atomic mass is 10.2. The van der Waals surface area contributed by atoms with Gasteiger partial charge in [0.25, 0.3) is 5.82 Å². The summed E-state index contributed by atoms with van der Waals surface area (Å²) in [6.07, 6.45) is -0.174. The minimum Gasteiger partial charge on any atom is -0.250 e. The Labute approximate surface area is 117 Å². The van der Waals surface area contributed by atoms with E-state index >= 15 is 0 Å². The summed E-state index contributed by atoms with van der Waals surface area (Å²) in [4.78, 5) is 0. The maximum atomic E-state index is 12.6. The predicted molar refractivity (Wildman–Crippen MR) is 71.8 cm³/mol. The highest BCUT2D eigenvalue weighted by Gasteiger charge is 2.37. The van der Waals surface area contributed by atoms with Gasteiger partial charge in [-0.15, -0.1) is 5.10 Å². The quantitative estimate of drug-likeness (QED) is 0.696. The molecule has 0 radical (unpaired) electrons. The van der Waals surface area contributed by atoms with E-state index < -0.39 is 12.0 Å². The van der Waals surface area contributed by atoms with Crippen molar-refractivity contribution in [2.75, 3.05) is 0 Å². The fourth-order valence-electron chi connectivity index (χ4n) is 1.41. The maximum Gasteiger partial charge on any atom is 0.453 e. The van der Waals surface area contributed by atoms with Crippen LogP contribution in [-0.2, 0) is 6.18 Å². The first kappa shape index (κ1) is 14.2. The highest BCUT2D eigenvalue weighted by molar-refractivity contribution is 7.71. The Hall–Kier alpha value is -2.22. The number of H-pyrrole nitrogens is 1. The number of aromatic amines is 1. The van der Waals surface area contributed by atoms with Gasteiger partial charge in [0.15, 0.2) is 0 Å². The summed E-state index contributed by atoms with van der Waals surface area (Å²) < 4.78 is 38.1. The van der Waals surface area contributed by atoms with Crippen LogP contribution in [0.3, 0.4) is 0 Å². The molecule has 0 atom stereocenters. The third-order valence-electron chi connectivity index (χ3n) is 2.26. The van der Waals surface area contributed by atoms with E-state index in [4.69, 9.17) is 12.2 Å². The molecule has 0 bridgehead atoms. The number of halogens is 3. The first-order chi connectivity index (χ1) is 9.48. The molecule has 104 valence electrons. The summed E-state index contributed by atoms with van der Waals surface area (Å²) in [6, 6.07) is 9.28. The van der Waals surface area contributed by atoms with Crippen LogP contribution in [0.2, 0.25) is 0 Å². The second kappa shape index (κ2) is 5.83. The molecule has 0 saturated carbocycles. The topological polar surface area (TPSA) is 46.0 Å². The van der Waals surface area contributed by atoms with Crippen molar-refractivity contribution < 1.29 is 13.2 Å². The number of aromatic nitrogens is 3.